The number of amides is 1. The molecule has 1 aromatic rings. The van der Waals surface area contributed by atoms with Crippen LogP contribution in [0, 0.1) is 0 Å². The maximum Gasteiger partial charge on any atom is 0.327 e. The van der Waals surface area contributed by atoms with Gasteiger partial charge >= 0.3 is 11.9 Å². The molecular formula is C24H31NO7S2. The molecule has 1 unspecified atom stereocenters. The van der Waals surface area contributed by atoms with Gasteiger partial charge in [0.25, 0.3) is 5.91 Å². The molecule has 8 nitrogen and oxygen atoms in total. The van der Waals surface area contributed by atoms with Crippen molar-refractivity contribution in [2.75, 3.05) is 13.2 Å². The molecule has 1 fully saturated rings. The van der Waals surface area contributed by atoms with Gasteiger partial charge in [-0.15, -0.1) is 0 Å². The van der Waals surface area contributed by atoms with E-state index in [1.807, 2.05) is 6.92 Å². The van der Waals surface area contributed by atoms with Crippen LogP contribution in [0.5, 0.6) is 11.5 Å². The molecule has 0 aromatic heterocycles. The largest absolute Gasteiger partial charge is 0.490 e. The fraction of sp³-hybridized carbons (Fsp3) is 0.500. The van der Waals surface area contributed by atoms with Crippen LogP contribution in [0.15, 0.2) is 23.1 Å². The Hall–Kier alpha value is -2.59. The molecule has 2 N–H and O–H groups in total. The van der Waals surface area contributed by atoms with Crippen LogP contribution in [-0.2, 0) is 14.4 Å². The average molecular weight is 510 g/mol. The molecule has 1 saturated heterocycles. The number of unbranched alkanes of at least 4 members (excludes halogenated alkanes) is 5. The van der Waals surface area contributed by atoms with E-state index in [1.54, 1.807) is 24.3 Å². The van der Waals surface area contributed by atoms with Crippen molar-refractivity contribution >= 4 is 52.2 Å². The summed E-state index contributed by atoms with van der Waals surface area (Å²) in [7, 11) is 0. The molecule has 0 radical (unpaired) electrons. The van der Waals surface area contributed by atoms with E-state index in [-0.39, 0.29) is 9.23 Å². The van der Waals surface area contributed by atoms with Gasteiger partial charge in [-0.3, -0.25) is 14.5 Å². The highest BCUT2D eigenvalue weighted by Crippen LogP contribution is 2.36. The number of rotatable bonds is 15. The molecule has 1 atom stereocenters. The van der Waals surface area contributed by atoms with Crippen molar-refractivity contribution in [3.05, 3.63) is 28.7 Å². The number of thiocarbonyl (C=S) groups is 1. The Morgan fingerprint density at radius 2 is 1.79 bits per heavy atom. The Morgan fingerprint density at radius 1 is 1.09 bits per heavy atom. The van der Waals surface area contributed by atoms with Gasteiger partial charge in [-0.25, -0.2) is 4.79 Å². The molecule has 0 spiro atoms. The van der Waals surface area contributed by atoms with Crippen molar-refractivity contribution in [2.45, 2.75) is 64.8 Å². The van der Waals surface area contributed by atoms with E-state index in [2.05, 4.69) is 6.92 Å². The van der Waals surface area contributed by atoms with Crippen LogP contribution in [0.4, 0.5) is 0 Å². The summed E-state index contributed by atoms with van der Waals surface area (Å²) in [6, 6.07) is 3.74. The van der Waals surface area contributed by atoms with Crippen molar-refractivity contribution in [3.8, 4) is 11.5 Å². The Balaban J connectivity index is 2.11. The number of carboxylic acid groups (broad SMARTS) is 2. The summed E-state index contributed by atoms with van der Waals surface area (Å²) in [5.74, 6) is -2.22. The fourth-order valence-corrected chi connectivity index (χ4v) is 4.78. The highest BCUT2D eigenvalue weighted by Gasteiger charge is 2.41. The van der Waals surface area contributed by atoms with Gasteiger partial charge in [0.05, 0.1) is 24.5 Å². The van der Waals surface area contributed by atoms with Crippen molar-refractivity contribution in [2.24, 2.45) is 0 Å². The molecule has 186 valence electrons. The standard InChI is InChI=1S/C24H31NO7S2/c1-3-5-6-7-8-9-12-32-18-11-10-16(13-19(18)31-4-2)14-20-22(28)25(24(33)34-20)17(23(29)30)15-21(26)27/h10-11,13-14,17H,3-9,12,15H2,1-2H3,(H,26,27)(H,29,30)/b20-14+. The third-order valence-electron chi connectivity index (χ3n) is 5.11. The molecule has 1 aliphatic rings. The summed E-state index contributed by atoms with van der Waals surface area (Å²) < 4.78 is 11.6. The second-order valence-electron chi connectivity index (χ2n) is 7.76. The van der Waals surface area contributed by atoms with Crippen LogP contribution >= 0.6 is 24.0 Å². The molecule has 1 heterocycles. The maximum atomic E-state index is 12.8. The van der Waals surface area contributed by atoms with Crippen LogP contribution in [0.25, 0.3) is 6.08 Å². The quantitative estimate of drug-likeness (QED) is 0.192. The zero-order valence-electron chi connectivity index (χ0n) is 19.5. The van der Waals surface area contributed by atoms with Gasteiger partial charge in [0.2, 0.25) is 0 Å². The number of nitrogens with zero attached hydrogens (tertiary/aromatic N) is 1. The first-order chi connectivity index (χ1) is 16.3. The monoisotopic (exact) mass is 509 g/mol. The van der Waals surface area contributed by atoms with Crippen LogP contribution in [-0.4, -0.2) is 56.5 Å². The average Bonchev–Trinajstić information content (AvgIpc) is 3.05. The second-order valence-corrected chi connectivity index (χ2v) is 9.43. The Labute approximate surface area is 209 Å². The molecular weight excluding hydrogens is 478 g/mol. The molecule has 34 heavy (non-hydrogen) atoms. The predicted molar refractivity (Wildman–Crippen MR) is 135 cm³/mol. The normalized spacial score (nSPS) is 15.6. The number of hydrogen-bond donors (Lipinski definition) is 2. The lowest BCUT2D eigenvalue weighted by Crippen LogP contribution is -2.45. The van der Waals surface area contributed by atoms with Gasteiger partial charge in [0.1, 0.15) is 10.4 Å². The molecule has 0 saturated carbocycles. The topological polar surface area (TPSA) is 113 Å². The van der Waals surface area contributed by atoms with E-state index < -0.39 is 30.3 Å². The van der Waals surface area contributed by atoms with Gasteiger partial charge in [-0.05, 0) is 37.1 Å². The van der Waals surface area contributed by atoms with Gasteiger partial charge in [0.15, 0.2) is 11.5 Å². The number of ether oxygens (including phenoxy) is 2. The Morgan fingerprint density at radius 3 is 2.44 bits per heavy atom. The van der Waals surface area contributed by atoms with E-state index in [9.17, 15) is 19.5 Å². The van der Waals surface area contributed by atoms with E-state index in [4.69, 9.17) is 26.8 Å². The van der Waals surface area contributed by atoms with E-state index in [0.717, 1.165) is 29.5 Å². The number of benzene rings is 1. The maximum absolute atomic E-state index is 12.8. The van der Waals surface area contributed by atoms with E-state index >= 15 is 0 Å². The summed E-state index contributed by atoms with van der Waals surface area (Å²) in [5, 5.41) is 18.4. The van der Waals surface area contributed by atoms with Crippen LogP contribution < -0.4 is 9.47 Å². The summed E-state index contributed by atoms with van der Waals surface area (Å²) in [5.41, 5.74) is 0.654. The van der Waals surface area contributed by atoms with Crippen LogP contribution in [0.2, 0.25) is 0 Å². The number of carbonyl (C=O) groups is 3. The summed E-state index contributed by atoms with van der Waals surface area (Å²) in [6.45, 7) is 5.08. The first kappa shape index (κ1) is 27.7. The molecule has 1 amide bonds. The predicted octanol–water partition coefficient (Wildman–Crippen LogP) is 4.95. The minimum atomic E-state index is -1.56. The lowest BCUT2D eigenvalue weighted by Gasteiger charge is -2.21. The highest BCUT2D eigenvalue weighted by molar-refractivity contribution is 8.26. The van der Waals surface area contributed by atoms with Gasteiger partial charge < -0.3 is 19.7 Å². The highest BCUT2D eigenvalue weighted by atomic mass is 32.2. The van der Waals surface area contributed by atoms with Gasteiger partial charge in [0, 0.05) is 0 Å². The van der Waals surface area contributed by atoms with Crippen molar-refractivity contribution < 1.29 is 34.1 Å². The zero-order valence-corrected chi connectivity index (χ0v) is 21.1. The molecule has 10 heteroatoms. The molecule has 0 bridgehead atoms. The summed E-state index contributed by atoms with van der Waals surface area (Å²) in [4.78, 5) is 36.5. The lowest BCUT2D eigenvalue weighted by molar-refractivity contribution is -0.150. The number of hydrogen-bond acceptors (Lipinski definition) is 7. The SMILES string of the molecule is CCCCCCCCOc1ccc(/C=C2/SC(=S)N(C(CC(=O)O)C(=O)O)C2=O)cc1OCC. The number of carboxylic acids is 2. The van der Waals surface area contributed by atoms with E-state index in [1.165, 1.54) is 25.7 Å². The second kappa shape index (κ2) is 14.0. The third kappa shape index (κ3) is 8.02. The van der Waals surface area contributed by atoms with Crippen molar-refractivity contribution in [3.63, 3.8) is 0 Å². The minimum absolute atomic E-state index is 0.00817. The smallest absolute Gasteiger partial charge is 0.327 e. The van der Waals surface area contributed by atoms with Crippen molar-refractivity contribution in [1.82, 2.24) is 4.90 Å². The minimum Gasteiger partial charge on any atom is -0.490 e. The third-order valence-corrected chi connectivity index (χ3v) is 6.44. The van der Waals surface area contributed by atoms with Gasteiger partial charge in [-0.1, -0.05) is 69.1 Å². The lowest BCUT2D eigenvalue weighted by atomic mass is 10.1. The van der Waals surface area contributed by atoms with E-state index in [0.29, 0.717) is 30.3 Å². The van der Waals surface area contributed by atoms with Crippen LogP contribution in [0.3, 0.4) is 0 Å². The summed E-state index contributed by atoms with van der Waals surface area (Å²) in [6.07, 6.45) is 7.82. The zero-order chi connectivity index (χ0) is 25.1. The molecule has 1 aliphatic heterocycles. The fourth-order valence-electron chi connectivity index (χ4n) is 3.42. The first-order valence-corrected chi connectivity index (χ1v) is 12.6. The van der Waals surface area contributed by atoms with Crippen LogP contribution in [0.1, 0.15) is 64.4 Å². The number of aliphatic carboxylic acids is 2. The molecule has 1 aromatic carbocycles. The molecule has 0 aliphatic carbocycles. The first-order valence-electron chi connectivity index (χ1n) is 11.4. The molecule has 2 rings (SSSR count). The Bertz CT molecular complexity index is 932. The van der Waals surface area contributed by atoms with Gasteiger partial charge in [-0.2, -0.15) is 0 Å². The number of thioether (sulfide) groups is 1. The number of carbonyl (C=O) groups excluding carboxylic acids is 1. The van der Waals surface area contributed by atoms with Crippen molar-refractivity contribution in [1.29, 1.82) is 0 Å². The summed E-state index contributed by atoms with van der Waals surface area (Å²) >= 11 is 6.10. The Kier molecular flexibility index (Phi) is 11.4.